The Hall–Kier alpha value is -2.34. The van der Waals surface area contributed by atoms with Gasteiger partial charge in [0.25, 0.3) is 0 Å². The van der Waals surface area contributed by atoms with Gasteiger partial charge >= 0.3 is 5.97 Å². The summed E-state index contributed by atoms with van der Waals surface area (Å²) >= 11 is 0. The molecule has 0 amide bonds. The maximum Gasteiger partial charge on any atom is 0.308 e. The minimum Gasteiger partial charge on any atom is -0.459 e. The van der Waals surface area contributed by atoms with Crippen molar-refractivity contribution in [3.63, 3.8) is 0 Å². The Morgan fingerprint density at radius 1 is 0.538 bits per heavy atom. The van der Waals surface area contributed by atoms with E-state index in [0.717, 1.165) is 49.7 Å². The maximum atomic E-state index is 14.6. The van der Waals surface area contributed by atoms with Crippen LogP contribution in [0.5, 0.6) is 0 Å². The van der Waals surface area contributed by atoms with Gasteiger partial charge in [-0.05, 0) is 79.4 Å². The standard InChI is InChI=1S/C58H81N3O17/c1-25-13-31-7-9-35-26(2)14-33(64-35)11-12-56-22-43-52(77-56)53-54(70-43)55(78-56)51-36(68-53)10-8-32(66-51)15-46(63)72-50-30(6)49-40(67-39(50)17-37(65-31)29(25)5)18-38-42(69-49)21-58(73-38)23-44-48(76-58)28(4)20-57(75-44)19-27(3)47-41(74-57)16-34(62)45(71-47)24-60-61-59/h25,27-28,30-45,47-55,62H,2,5,7-24H2,1,3-4,6H3/t25-,27+,28+,30+,31+,32-,33+,34-,35+,36+,37-,38-,39+,40+,41+,42-,43-,44+,45-,47+,48+,49+,50-,51+,52?,53+,54?,55+,56+,57-,58+/m1/s1. The number of aliphatic hydroxyl groups excluding tert-OH is 1. The molecule has 20 heteroatoms. The lowest BCUT2D eigenvalue weighted by Crippen LogP contribution is -2.62. The molecular weight excluding hydrogens is 1010 g/mol. The van der Waals surface area contributed by atoms with Crippen LogP contribution in [0.3, 0.4) is 0 Å². The van der Waals surface area contributed by atoms with Crippen molar-refractivity contribution in [2.75, 3.05) is 6.54 Å². The number of fused-ring (bicyclic) bond motifs is 10. The third-order valence-electron chi connectivity index (χ3n) is 21.5. The van der Waals surface area contributed by atoms with E-state index >= 15 is 0 Å². The average molecular weight is 1090 g/mol. The Kier molecular flexibility index (Phi) is 13.2. The highest BCUT2D eigenvalue weighted by molar-refractivity contribution is 5.70. The molecule has 430 valence electrons. The molecule has 31 atom stereocenters. The van der Waals surface area contributed by atoms with Crippen LogP contribution in [0.25, 0.3) is 10.4 Å². The van der Waals surface area contributed by atoms with Gasteiger partial charge in [0.1, 0.15) is 36.6 Å². The fraction of sp³-hybridized carbons (Fsp3) is 0.914. The van der Waals surface area contributed by atoms with Crippen molar-refractivity contribution in [2.45, 2.75) is 301 Å². The first-order chi connectivity index (χ1) is 37.6. The number of azide groups is 1. The summed E-state index contributed by atoms with van der Waals surface area (Å²) in [6, 6.07) is 0. The van der Waals surface area contributed by atoms with E-state index in [0.29, 0.717) is 64.2 Å². The molecule has 1 N–H and O–H groups in total. The predicted molar refractivity (Wildman–Crippen MR) is 270 cm³/mol. The SMILES string of the molecule is C=C1C[C@@H]2CC[C@@]34C[C@H]5OC6[C@@H](O[C@H]7CC[C@H](CC(=O)O[C@@H]8[C@@H](C)[C@@H]9O[C@@H]%10C[C@]%11(C[C@@H]%12O[C@]%13(C[C@H](C)[C@@H]%14O[C@H](CN=[N+]=[N-])[C@H](O)C[C@@H]%14O%13)C[C@H](C)[C@@H]%12O%11)O[C@@H]%10C[C@@H]9O[C@H]8C[C@H]8O[C@@H](CC[C@@H]1O2)C[C@@H](C)C8=C)O[C@@H]7[C@@H]6O3)C5O4. The Morgan fingerprint density at radius 3 is 2.08 bits per heavy atom. The van der Waals surface area contributed by atoms with Gasteiger partial charge in [-0.3, -0.25) is 4.79 Å². The zero-order valence-electron chi connectivity index (χ0n) is 45.6. The number of aliphatic hydroxyl groups is 1. The Bertz CT molecular complexity index is 2410. The molecule has 20 nitrogen and oxygen atoms in total. The summed E-state index contributed by atoms with van der Waals surface area (Å²) in [5.74, 6) is -2.81. The van der Waals surface area contributed by atoms with E-state index in [9.17, 15) is 9.90 Å². The molecule has 3 spiro atoms. The van der Waals surface area contributed by atoms with E-state index in [1.807, 2.05) is 0 Å². The molecule has 16 aliphatic heterocycles. The number of carbonyl (C=O) groups is 1. The molecule has 0 aromatic rings. The van der Waals surface area contributed by atoms with E-state index in [1.165, 1.54) is 0 Å². The molecular formula is C58H81N3O17. The molecule has 0 radical (unpaired) electrons. The third-order valence-corrected chi connectivity index (χ3v) is 21.5. The van der Waals surface area contributed by atoms with Gasteiger partial charge in [-0.2, -0.15) is 0 Å². The number of rotatable bonds is 2. The summed E-state index contributed by atoms with van der Waals surface area (Å²) in [6.07, 6.45) is 2.96. The number of carbonyl (C=O) groups excluding carboxylic acids is 1. The second-order valence-corrected chi connectivity index (χ2v) is 26.9. The number of ether oxygens (including phenoxy) is 15. The van der Waals surface area contributed by atoms with Crippen LogP contribution in [0.2, 0.25) is 0 Å². The number of esters is 1. The minimum atomic E-state index is -0.925. The van der Waals surface area contributed by atoms with Crippen molar-refractivity contribution in [3.8, 4) is 0 Å². The lowest BCUT2D eigenvalue weighted by Gasteiger charge is -2.54. The van der Waals surface area contributed by atoms with Gasteiger partial charge in [0.05, 0.1) is 123 Å². The highest BCUT2D eigenvalue weighted by Gasteiger charge is 2.70. The molecule has 16 aliphatic rings. The monoisotopic (exact) mass is 1090 g/mol. The van der Waals surface area contributed by atoms with Gasteiger partial charge < -0.3 is 76.2 Å². The maximum absolute atomic E-state index is 14.6. The molecule has 0 aromatic heterocycles. The molecule has 0 aromatic carbocycles. The van der Waals surface area contributed by atoms with Crippen molar-refractivity contribution in [1.82, 2.24) is 0 Å². The predicted octanol–water partition coefficient (Wildman–Crippen LogP) is 6.49. The first-order valence-corrected chi connectivity index (χ1v) is 30.1. The van der Waals surface area contributed by atoms with E-state index in [4.69, 9.17) is 76.6 Å². The van der Waals surface area contributed by atoms with Crippen LogP contribution in [-0.2, 0) is 75.8 Å². The van der Waals surface area contributed by atoms with Crippen LogP contribution in [0.4, 0.5) is 0 Å². The lowest BCUT2D eigenvalue weighted by atomic mass is 9.78. The van der Waals surface area contributed by atoms with E-state index in [1.54, 1.807) is 0 Å². The van der Waals surface area contributed by atoms with Gasteiger partial charge in [0, 0.05) is 68.6 Å². The summed E-state index contributed by atoms with van der Waals surface area (Å²) in [7, 11) is 0. The Morgan fingerprint density at radius 2 is 1.22 bits per heavy atom. The van der Waals surface area contributed by atoms with E-state index in [-0.39, 0.29) is 146 Å². The second-order valence-electron chi connectivity index (χ2n) is 26.9. The van der Waals surface area contributed by atoms with Crippen LogP contribution in [0, 0.1) is 23.7 Å². The van der Waals surface area contributed by atoms with E-state index < -0.39 is 60.1 Å². The number of hydrogen-bond acceptors (Lipinski definition) is 18. The fourth-order valence-corrected chi connectivity index (χ4v) is 17.9. The summed E-state index contributed by atoms with van der Waals surface area (Å²) in [4.78, 5) is 17.4. The fourth-order valence-electron chi connectivity index (χ4n) is 17.9. The quantitative estimate of drug-likeness (QED) is 0.103. The molecule has 0 aliphatic carbocycles. The average Bonchev–Trinajstić information content (AvgIpc) is 4.20. The summed E-state index contributed by atoms with van der Waals surface area (Å²) in [6.45, 7) is 17.9. The van der Waals surface area contributed by atoms with Gasteiger partial charge in [0.2, 0.25) is 0 Å². The topological polar surface area (TPSA) is 225 Å². The molecule has 16 fully saturated rings. The van der Waals surface area contributed by atoms with Crippen molar-refractivity contribution >= 4 is 5.97 Å². The van der Waals surface area contributed by atoms with Gasteiger partial charge in [0.15, 0.2) is 17.4 Å². The number of nitrogens with zero attached hydrogens (tertiary/aromatic N) is 3. The van der Waals surface area contributed by atoms with Crippen molar-refractivity contribution in [1.29, 1.82) is 0 Å². The molecule has 16 heterocycles. The summed E-state index contributed by atoms with van der Waals surface area (Å²) in [5, 5.41) is 14.7. The Balaban J connectivity index is 0.661. The molecule has 16 saturated heterocycles. The summed E-state index contributed by atoms with van der Waals surface area (Å²) < 4.78 is 103. The van der Waals surface area contributed by atoms with Gasteiger partial charge in [-0.25, -0.2) is 0 Å². The molecule has 0 saturated carbocycles. The highest BCUT2D eigenvalue weighted by atomic mass is 16.8. The molecule has 12 bridgehead atoms. The summed E-state index contributed by atoms with van der Waals surface area (Å²) in [5.41, 5.74) is 11.1. The van der Waals surface area contributed by atoms with Gasteiger partial charge in [-0.15, -0.1) is 0 Å². The molecule has 78 heavy (non-hydrogen) atoms. The van der Waals surface area contributed by atoms with Crippen molar-refractivity contribution in [2.24, 2.45) is 28.8 Å². The van der Waals surface area contributed by atoms with Crippen LogP contribution in [0.1, 0.15) is 137 Å². The van der Waals surface area contributed by atoms with Crippen LogP contribution in [-0.4, -0.2) is 181 Å². The first kappa shape index (κ1) is 52.5. The minimum absolute atomic E-state index is 0.0155. The zero-order chi connectivity index (χ0) is 53.1. The largest absolute Gasteiger partial charge is 0.459 e. The zero-order valence-corrected chi connectivity index (χ0v) is 45.6. The Labute approximate surface area is 456 Å². The van der Waals surface area contributed by atoms with Crippen LogP contribution < -0.4 is 0 Å². The third kappa shape index (κ3) is 8.93. The lowest BCUT2D eigenvalue weighted by molar-refractivity contribution is -0.370. The highest BCUT2D eigenvalue weighted by Crippen LogP contribution is 2.58. The van der Waals surface area contributed by atoms with Gasteiger partial charge in [-0.1, -0.05) is 46.0 Å². The van der Waals surface area contributed by atoms with E-state index in [2.05, 4.69) is 50.9 Å². The molecule has 16 rings (SSSR count). The smallest absolute Gasteiger partial charge is 0.308 e. The first-order valence-electron chi connectivity index (χ1n) is 30.1. The van der Waals surface area contributed by atoms with Crippen molar-refractivity contribution in [3.05, 3.63) is 34.7 Å². The molecule has 2 unspecified atom stereocenters. The number of hydrogen-bond donors (Lipinski definition) is 1. The normalized spacial score (nSPS) is 57.9. The second kappa shape index (κ2) is 19.6. The van der Waals surface area contributed by atoms with Crippen LogP contribution >= 0.6 is 0 Å². The van der Waals surface area contributed by atoms with Crippen molar-refractivity contribution < 1.29 is 81.0 Å². The van der Waals surface area contributed by atoms with Crippen LogP contribution in [0.15, 0.2) is 29.4 Å².